The Balaban J connectivity index is 1.52. The maximum atomic E-state index is 12.1. The van der Waals surface area contributed by atoms with E-state index in [1.807, 2.05) is 17.6 Å². The van der Waals surface area contributed by atoms with Gasteiger partial charge in [0.15, 0.2) is 0 Å². The maximum absolute atomic E-state index is 12.1. The summed E-state index contributed by atoms with van der Waals surface area (Å²) in [5.41, 5.74) is 1.80. The molecule has 3 rings (SSSR count). The Bertz CT molecular complexity index is 856. The van der Waals surface area contributed by atoms with Crippen molar-refractivity contribution >= 4 is 23.2 Å². The molecule has 0 radical (unpaired) electrons. The van der Waals surface area contributed by atoms with E-state index >= 15 is 0 Å². The number of ether oxygens (including phenoxy) is 1. The monoisotopic (exact) mass is 356 g/mol. The number of esters is 1. The fourth-order valence-corrected chi connectivity index (χ4v) is 2.98. The summed E-state index contributed by atoms with van der Waals surface area (Å²) in [6, 6.07) is 8.17. The van der Waals surface area contributed by atoms with Crippen molar-refractivity contribution in [2.45, 2.75) is 6.42 Å². The van der Waals surface area contributed by atoms with E-state index in [9.17, 15) is 9.59 Å². The number of thiazole rings is 1. The molecule has 2 heterocycles. The van der Waals surface area contributed by atoms with Crippen LogP contribution in [0.15, 0.2) is 48.1 Å². The lowest BCUT2D eigenvalue weighted by atomic mass is 10.1. The standard InChI is InChI=1S/C17H16N4O3S/c1-24-16(23)13-5-3-12(4-6-13)15(22)18-9-7-14-11-25-17(20-14)21-10-2-8-19-21/h2-6,8,10-11H,7,9H2,1H3,(H,18,22). The fraction of sp³-hybridized carbons (Fsp3) is 0.176. The van der Waals surface area contributed by atoms with E-state index in [-0.39, 0.29) is 5.91 Å². The highest BCUT2D eigenvalue weighted by Crippen LogP contribution is 2.14. The van der Waals surface area contributed by atoms with Gasteiger partial charge in [-0.15, -0.1) is 11.3 Å². The van der Waals surface area contributed by atoms with Gasteiger partial charge in [-0.2, -0.15) is 5.10 Å². The zero-order chi connectivity index (χ0) is 17.6. The second-order valence-corrected chi connectivity index (χ2v) is 5.98. The molecule has 0 spiro atoms. The number of methoxy groups -OCH3 is 1. The molecule has 0 aliphatic carbocycles. The third-order valence-corrected chi connectivity index (χ3v) is 4.35. The van der Waals surface area contributed by atoms with Crippen LogP contribution in [0.4, 0.5) is 0 Å². The topological polar surface area (TPSA) is 86.1 Å². The van der Waals surface area contributed by atoms with Crippen LogP contribution in [0.5, 0.6) is 0 Å². The van der Waals surface area contributed by atoms with Crippen molar-refractivity contribution in [3.05, 3.63) is 64.9 Å². The zero-order valence-electron chi connectivity index (χ0n) is 13.5. The van der Waals surface area contributed by atoms with Gasteiger partial charge in [0.25, 0.3) is 5.91 Å². The van der Waals surface area contributed by atoms with Crippen molar-refractivity contribution in [2.75, 3.05) is 13.7 Å². The number of rotatable bonds is 6. The molecule has 1 aromatic carbocycles. The van der Waals surface area contributed by atoms with Crippen molar-refractivity contribution in [2.24, 2.45) is 0 Å². The van der Waals surface area contributed by atoms with Crippen molar-refractivity contribution in [3.8, 4) is 5.13 Å². The van der Waals surface area contributed by atoms with Crippen molar-refractivity contribution < 1.29 is 14.3 Å². The molecule has 0 saturated heterocycles. The van der Waals surface area contributed by atoms with Gasteiger partial charge in [-0.05, 0) is 30.3 Å². The van der Waals surface area contributed by atoms with E-state index in [0.29, 0.717) is 24.1 Å². The van der Waals surface area contributed by atoms with Gasteiger partial charge in [-0.25, -0.2) is 14.5 Å². The molecule has 1 amide bonds. The molecule has 128 valence electrons. The molecule has 0 bridgehead atoms. The Labute approximate surface area is 148 Å². The number of aromatic nitrogens is 3. The molecule has 8 heteroatoms. The van der Waals surface area contributed by atoms with Crippen molar-refractivity contribution in [3.63, 3.8) is 0 Å². The lowest BCUT2D eigenvalue weighted by Crippen LogP contribution is -2.25. The summed E-state index contributed by atoms with van der Waals surface area (Å²) in [5.74, 6) is -0.623. The number of hydrogen-bond acceptors (Lipinski definition) is 6. The van der Waals surface area contributed by atoms with E-state index in [1.54, 1.807) is 35.1 Å². The van der Waals surface area contributed by atoms with E-state index in [4.69, 9.17) is 0 Å². The SMILES string of the molecule is COC(=O)c1ccc(C(=O)NCCc2csc(-n3cccn3)n2)cc1. The van der Waals surface area contributed by atoms with Crippen LogP contribution in [0.1, 0.15) is 26.4 Å². The van der Waals surface area contributed by atoms with Gasteiger partial charge in [-0.3, -0.25) is 4.79 Å². The Kier molecular flexibility index (Phi) is 5.20. The number of hydrogen-bond donors (Lipinski definition) is 1. The van der Waals surface area contributed by atoms with Gasteiger partial charge in [0.05, 0.1) is 18.4 Å². The first kappa shape index (κ1) is 16.8. The average Bonchev–Trinajstić information content (AvgIpc) is 3.32. The first-order valence-electron chi connectivity index (χ1n) is 7.58. The van der Waals surface area contributed by atoms with E-state index < -0.39 is 5.97 Å². The van der Waals surface area contributed by atoms with Gasteiger partial charge < -0.3 is 10.1 Å². The molecule has 0 saturated carbocycles. The van der Waals surface area contributed by atoms with Crippen molar-refractivity contribution in [1.29, 1.82) is 0 Å². The minimum Gasteiger partial charge on any atom is -0.465 e. The van der Waals surface area contributed by atoms with Gasteiger partial charge >= 0.3 is 5.97 Å². The Morgan fingerprint density at radius 3 is 2.68 bits per heavy atom. The van der Waals surface area contributed by atoms with Crippen molar-refractivity contribution in [1.82, 2.24) is 20.1 Å². The molecule has 0 aliphatic rings. The number of carbonyl (C=O) groups is 2. The molecular weight excluding hydrogens is 340 g/mol. The number of nitrogens with zero attached hydrogens (tertiary/aromatic N) is 3. The van der Waals surface area contributed by atoms with Crippen LogP contribution < -0.4 is 5.32 Å². The molecule has 3 aromatic rings. The molecule has 25 heavy (non-hydrogen) atoms. The van der Waals surface area contributed by atoms with E-state index in [0.717, 1.165) is 10.8 Å². The van der Waals surface area contributed by atoms with Crippen LogP contribution in [0.3, 0.4) is 0 Å². The number of carbonyl (C=O) groups excluding carboxylic acids is 2. The molecule has 2 aromatic heterocycles. The van der Waals surface area contributed by atoms with Crippen LogP contribution >= 0.6 is 11.3 Å². The number of amides is 1. The molecule has 0 atom stereocenters. The summed E-state index contributed by atoms with van der Waals surface area (Å²) < 4.78 is 6.33. The predicted molar refractivity (Wildman–Crippen MR) is 93.1 cm³/mol. The summed E-state index contributed by atoms with van der Waals surface area (Å²) in [5, 5.41) is 9.73. The number of nitrogens with one attached hydrogen (secondary N) is 1. The second-order valence-electron chi connectivity index (χ2n) is 5.15. The highest BCUT2D eigenvalue weighted by Gasteiger charge is 2.09. The minimum absolute atomic E-state index is 0.195. The maximum Gasteiger partial charge on any atom is 0.337 e. The van der Waals surface area contributed by atoms with Crippen LogP contribution in [0.25, 0.3) is 5.13 Å². The van der Waals surface area contributed by atoms with Crippen LogP contribution in [0, 0.1) is 0 Å². The van der Waals surface area contributed by atoms with Gasteiger partial charge in [0.2, 0.25) is 5.13 Å². The predicted octanol–water partition coefficient (Wildman–Crippen LogP) is 2.09. The van der Waals surface area contributed by atoms with E-state index in [1.165, 1.54) is 18.4 Å². The van der Waals surface area contributed by atoms with Crippen LogP contribution in [-0.2, 0) is 11.2 Å². The normalized spacial score (nSPS) is 10.4. The lowest BCUT2D eigenvalue weighted by Gasteiger charge is -2.05. The molecule has 0 fully saturated rings. The first-order valence-corrected chi connectivity index (χ1v) is 8.46. The average molecular weight is 356 g/mol. The Morgan fingerprint density at radius 2 is 2.00 bits per heavy atom. The Hall–Kier alpha value is -3.00. The zero-order valence-corrected chi connectivity index (χ0v) is 14.3. The smallest absolute Gasteiger partial charge is 0.337 e. The van der Waals surface area contributed by atoms with Crippen LogP contribution in [-0.4, -0.2) is 40.3 Å². The highest BCUT2D eigenvalue weighted by molar-refractivity contribution is 7.12. The first-order chi connectivity index (χ1) is 12.2. The minimum atomic E-state index is -0.427. The number of benzene rings is 1. The lowest BCUT2D eigenvalue weighted by molar-refractivity contribution is 0.0600. The largest absolute Gasteiger partial charge is 0.465 e. The van der Waals surface area contributed by atoms with Gasteiger partial charge in [-0.1, -0.05) is 0 Å². The van der Waals surface area contributed by atoms with Crippen LogP contribution in [0.2, 0.25) is 0 Å². The molecular formula is C17H16N4O3S. The van der Waals surface area contributed by atoms with Gasteiger partial charge in [0, 0.05) is 36.3 Å². The molecule has 0 aliphatic heterocycles. The Morgan fingerprint density at radius 1 is 1.24 bits per heavy atom. The summed E-state index contributed by atoms with van der Waals surface area (Å²) in [7, 11) is 1.32. The second kappa shape index (κ2) is 7.71. The summed E-state index contributed by atoms with van der Waals surface area (Å²) >= 11 is 1.50. The fourth-order valence-electron chi connectivity index (χ4n) is 2.18. The van der Waals surface area contributed by atoms with E-state index in [2.05, 4.69) is 20.1 Å². The quantitative estimate of drug-likeness (QED) is 0.684. The summed E-state index contributed by atoms with van der Waals surface area (Å²) in [6.45, 7) is 0.472. The van der Waals surface area contributed by atoms with Gasteiger partial charge in [0.1, 0.15) is 0 Å². The molecule has 7 nitrogen and oxygen atoms in total. The summed E-state index contributed by atoms with van der Waals surface area (Å²) in [4.78, 5) is 28.0. The molecule has 0 unspecified atom stereocenters. The summed E-state index contributed by atoms with van der Waals surface area (Å²) in [6.07, 6.45) is 4.17. The third kappa shape index (κ3) is 4.10. The molecule has 1 N–H and O–H groups in total. The highest BCUT2D eigenvalue weighted by atomic mass is 32.1. The third-order valence-electron chi connectivity index (χ3n) is 3.47.